The van der Waals surface area contributed by atoms with E-state index in [1.807, 2.05) is 29.5 Å². The monoisotopic (exact) mass is 251 g/mol. The van der Waals surface area contributed by atoms with E-state index in [0.29, 0.717) is 0 Å². The summed E-state index contributed by atoms with van der Waals surface area (Å²) >= 11 is 0. The van der Waals surface area contributed by atoms with Crippen LogP contribution in [0, 0.1) is 13.8 Å². The van der Waals surface area contributed by atoms with Crippen LogP contribution >= 0.6 is 0 Å². The molecule has 2 heterocycles. The topological polar surface area (TPSA) is 43.3 Å². The minimum Gasteiger partial charge on any atom is -0.383 e. The second kappa shape index (κ2) is 4.43. The summed E-state index contributed by atoms with van der Waals surface area (Å²) in [5.41, 5.74) is 11.7. The van der Waals surface area contributed by atoms with E-state index in [4.69, 9.17) is 5.73 Å². The number of anilines is 1. The maximum Gasteiger partial charge on any atom is 0.138 e. The SMILES string of the molecule is Cc1ccc(Cc2nc3cccc(C)n3c2N)cc1. The molecule has 3 heteroatoms. The first-order chi connectivity index (χ1) is 9.15. The quantitative estimate of drug-likeness (QED) is 0.760. The molecule has 0 bridgehead atoms. The lowest BCUT2D eigenvalue weighted by atomic mass is 10.1. The second-order valence-corrected chi connectivity index (χ2v) is 4.97. The van der Waals surface area contributed by atoms with Crippen LogP contribution in [0.4, 0.5) is 5.82 Å². The molecule has 19 heavy (non-hydrogen) atoms. The molecular weight excluding hydrogens is 234 g/mol. The smallest absolute Gasteiger partial charge is 0.138 e. The standard InChI is InChI=1S/C16H17N3/c1-11-6-8-13(9-7-11)10-14-16(17)19-12(2)4-3-5-15(19)18-14/h3-9H,10,17H2,1-2H3. The van der Waals surface area contributed by atoms with E-state index in [9.17, 15) is 0 Å². The Labute approximate surface area is 112 Å². The van der Waals surface area contributed by atoms with Crippen molar-refractivity contribution in [1.29, 1.82) is 0 Å². The third-order valence-electron chi connectivity index (χ3n) is 3.44. The van der Waals surface area contributed by atoms with Crippen molar-refractivity contribution in [3.63, 3.8) is 0 Å². The summed E-state index contributed by atoms with van der Waals surface area (Å²) in [6.07, 6.45) is 0.771. The van der Waals surface area contributed by atoms with Gasteiger partial charge in [0, 0.05) is 12.1 Å². The zero-order valence-corrected chi connectivity index (χ0v) is 11.2. The molecule has 0 aliphatic rings. The molecule has 0 spiro atoms. The summed E-state index contributed by atoms with van der Waals surface area (Å²) in [5, 5.41) is 0. The first-order valence-electron chi connectivity index (χ1n) is 6.43. The fourth-order valence-electron chi connectivity index (χ4n) is 2.36. The van der Waals surface area contributed by atoms with Gasteiger partial charge in [0.15, 0.2) is 0 Å². The van der Waals surface area contributed by atoms with Gasteiger partial charge in [0.1, 0.15) is 11.5 Å². The Bertz CT molecular complexity index is 724. The molecule has 96 valence electrons. The Kier molecular flexibility index (Phi) is 2.75. The molecule has 0 aliphatic carbocycles. The summed E-state index contributed by atoms with van der Waals surface area (Å²) in [6.45, 7) is 4.13. The Morgan fingerprint density at radius 3 is 2.47 bits per heavy atom. The van der Waals surface area contributed by atoms with Crippen LogP contribution in [0.15, 0.2) is 42.5 Å². The molecule has 0 radical (unpaired) electrons. The molecule has 0 saturated carbocycles. The van der Waals surface area contributed by atoms with E-state index in [2.05, 4.69) is 36.2 Å². The van der Waals surface area contributed by atoms with Gasteiger partial charge in [0.05, 0.1) is 5.69 Å². The van der Waals surface area contributed by atoms with Crippen LogP contribution in [-0.4, -0.2) is 9.38 Å². The third-order valence-corrected chi connectivity index (χ3v) is 3.44. The first-order valence-corrected chi connectivity index (χ1v) is 6.43. The zero-order chi connectivity index (χ0) is 13.4. The van der Waals surface area contributed by atoms with E-state index in [-0.39, 0.29) is 0 Å². The average Bonchev–Trinajstić information content (AvgIpc) is 2.71. The minimum atomic E-state index is 0.744. The lowest BCUT2D eigenvalue weighted by Crippen LogP contribution is -1.99. The number of hydrogen-bond donors (Lipinski definition) is 1. The van der Waals surface area contributed by atoms with Gasteiger partial charge in [-0.2, -0.15) is 0 Å². The average molecular weight is 251 g/mol. The minimum absolute atomic E-state index is 0.744. The Morgan fingerprint density at radius 1 is 1.05 bits per heavy atom. The number of nitrogens with zero attached hydrogens (tertiary/aromatic N) is 2. The number of nitrogen functional groups attached to an aromatic ring is 1. The molecule has 1 aromatic carbocycles. The molecule has 3 rings (SSSR count). The molecule has 0 saturated heterocycles. The van der Waals surface area contributed by atoms with Gasteiger partial charge in [0.2, 0.25) is 0 Å². The highest BCUT2D eigenvalue weighted by Gasteiger charge is 2.10. The molecule has 0 aliphatic heterocycles. The maximum atomic E-state index is 6.22. The number of pyridine rings is 1. The van der Waals surface area contributed by atoms with Crippen molar-refractivity contribution in [2.75, 3.05) is 5.73 Å². The Morgan fingerprint density at radius 2 is 1.79 bits per heavy atom. The number of benzene rings is 1. The molecule has 2 aromatic heterocycles. The zero-order valence-electron chi connectivity index (χ0n) is 11.2. The highest BCUT2D eigenvalue weighted by molar-refractivity contribution is 5.55. The van der Waals surface area contributed by atoms with Gasteiger partial charge >= 0.3 is 0 Å². The van der Waals surface area contributed by atoms with Crippen molar-refractivity contribution in [1.82, 2.24) is 9.38 Å². The fourth-order valence-corrected chi connectivity index (χ4v) is 2.36. The Hall–Kier alpha value is -2.29. The number of imidazole rings is 1. The third kappa shape index (κ3) is 2.08. The molecule has 0 fully saturated rings. The van der Waals surface area contributed by atoms with Crippen LogP contribution in [0.3, 0.4) is 0 Å². The molecule has 0 atom stereocenters. The number of hydrogen-bond acceptors (Lipinski definition) is 2. The highest BCUT2D eigenvalue weighted by Crippen LogP contribution is 2.20. The Balaban J connectivity index is 2.04. The van der Waals surface area contributed by atoms with E-state index >= 15 is 0 Å². The second-order valence-electron chi connectivity index (χ2n) is 4.97. The van der Waals surface area contributed by atoms with Gasteiger partial charge in [0.25, 0.3) is 0 Å². The van der Waals surface area contributed by atoms with Crippen LogP contribution in [0.2, 0.25) is 0 Å². The van der Waals surface area contributed by atoms with Crippen molar-refractivity contribution in [3.05, 3.63) is 65.0 Å². The van der Waals surface area contributed by atoms with Gasteiger partial charge in [-0.05, 0) is 31.5 Å². The molecule has 0 unspecified atom stereocenters. The summed E-state index contributed by atoms with van der Waals surface area (Å²) in [6, 6.07) is 14.5. The van der Waals surface area contributed by atoms with Crippen molar-refractivity contribution < 1.29 is 0 Å². The lowest BCUT2D eigenvalue weighted by molar-refractivity contribution is 1.09. The molecule has 3 nitrogen and oxygen atoms in total. The van der Waals surface area contributed by atoms with Gasteiger partial charge in [-0.1, -0.05) is 35.9 Å². The number of fused-ring (bicyclic) bond motifs is 1. The van der Waals surface area contributed by atoms with Crippen LogP contribution in [0.25, 0.3) is 5.65 Å². The van der Waals surface area contributed by atoms with Crippen molar-refractivity contribution in [3.8, 4) is 0 Å². The van der Waals surface area contributed by atoms with Crippen LogP contribution in [-0.2, 0) is 6.42 Å². The van der Waals surface area contributed by atoms with E-state index in [1.165, 1.54) is 11.1 Å². The predicted molar refractivity (Wildman–Crippen MR) is 78.3 cm³/mol. The van der Waals surface area contributed by atoms with Crippen molar-refractivity contribution >= 4 is 11.5 Å². The summed E-state index contributed by atoms with van der Waals surface area (Å²) in [5.74, 6) is 0.744. The van der Waals surface area contributed by atoms with Gasteiger partial charge in [-0.25, -0.2) is 4.98 Å². The summed E-state index contributed by atoms with van der Waals surface area (Å²) in [7, 11) is 0. The molecular formula is C16H17N3. The van der Waals surface area contributed by atoms with E-state index in [0.717, 1.165) is 29.3 Å². The van der Waals surface area contributed by atoms with Crippen molar-refractivity contribution in [2.24, 2.45) is 0 Å². The molecule has 3 aromatic rings. The summed E-state index contributed by atoms with van der Waals surface area (Å²) in [4.78, 5) is 4.63. The lowest BCUT2D eigenvalue weighted by Gasteiger charge is -2.02. The first kappa shape index (κ1) is 11.8. The molecule has 0 amide bonds. The molecule has 2 N–H and O–H groups in total. The van der Waals surface area contributed by atoms with Gasteiger partial charge < -0.3 is 5.73 Å². The van der Waals surface area contributed by atoms with Crippen LogP contribution in [0.1, 0.15) is 22.5 Å². The number of rotatable bonds is 2. The van der Waals surface area contributed by atoms with Crippen LogP contribution < -0.4 is 5.73 Å². The number of aromatic nitrogens is 2. The van der Waals surface area contributed by atoms with E-state index < -0.39 is 0 Å². The number of nitrogens with two attached hydrogens (primary N) is 1. The maximum absolute atomic E-state index is 6.22. The fraction of sp³-hybridized carbons (Fsp3) is 0.188. The largest absolute Gasteiger partial charge is 0.383 e. The normalized spacial score (nSPS) is 11.1. The number of aryl methyl sites for hydroxylation is 2. The van der Waals surface area contributed by atoms with E-state index in [1.54, 1.807) is 0 Å². The predicted octanol–water partition coefficient (Wildman–Crippen LogP) is 3.12. The summed E-state index contributed by atoms with van der Waals surface area (Å²) < 4.78 is 2.00. The van der Waals surface area contributed by atoms with Crippen molar-refractivity contribution in [2.45, 2.75) is 20.3 Å². The van der Waals surface area contributed by atoms with Gasteiger partial charge in [-0.15, -0.1) is 0 Å². The highest BCUT2D eigenvalue weighted by atomic mass is 15.1. The van der Waals surface area contributed by atoms with Gasteiger partial charge in [-0.3, -0.25) is 4.40 Å². The van der Waals surface area contributed by atoms with Crippen LogP contribution in [0.5, 0.6) is 0 Å².